The third-order valence-corrected chi connectivity index (χ3v) is 4.25. The van der Waals surface area contributed by atoms with Gasteiger partial charge in [0.1, 0.15) is 0 Å². The lowest BCUT2D eigenvalue weighted by molar-refractivity contribution is 0.210. The standard InChI is InChI=1S/C9H11BrINO/c1-9(12,5-13)6-2-3-8(11)7(10)4-6/h2-4,13H,5,12H2,1H3. The van der Waals surface area contributed by atoms with Crippen LogP contribution in [0.15, 0.2) is 22.7 Å². The molecule has 0 aliphatic carbocycles. The molecule has 0 amide bonds. The van der Waals surface area contributed by atoms with Crippen molar-refractivity contribution in [1.29, 1.82) is 0 Å². The van der Waals surface area contributed by atoms with Crippen LogP contribution in [0.1, 0.15) is 12.5 Å². The molecule has 0 fully saturated rings. The number of rotatable bonds is 2. The van der Waals surface area contributed by atoms with E-state index in [0.717, 1.165) is 13.6 Å². The van der Waals surface area contributed by atoms with Gasteiger partial charge in [0.2, 0.25) is 0 Å². The van der Waals surface area contributed by atoms with Crippen molar-refractivity contribution in [2.45, 2.75) is 12.5 Å². The van der Waals surface area contributed by atoms with Crippen LogP contribution in [0.2, 0.25) is 0 Å². The van der Waals surface area contributed by atoms with Crippen LogP contribution in [0.5, 0.6) is 0 Å². The van der Waals surface area contributed by atoms with E-state index in [4.69, 9.17) is 10.8 Å². The zero-order valence-corrected chi connectivity index (χ0v) is 11.0. The van der Waals surface area contributed by atoms with Crippen molar-refractivity contribution in [3.63, 3.8) is 0 Å². The Kier molecular flexibility index (Phi) is 3.73. The van der Waals surface area contributed by atoms with Gasteiger partial charge in [-0.1, -0.05) is 6.07 Å². The lowest BCUT2D eigenvalue weighted by Gasteiger charge is -2.22. The molecule has 1 aromatic carbocycles. The molecule has 0 heterocycles. The van der Waals surface area contributed by atoms with Crippen molar-refractivity contribution in [1.82, 2.24) is 0 Å². The maximum atomic E-state index is 9.07. The molecule has 0 saturated carbocycles. The number of hydrogen-bond donors (Lipinski definition) is 2. The topological polar surface area (TPSA) is 46.2 Å². The molecule has 0 bridgehead atoms. The van der Waals surface area contributed by atoms with Gasteiger partial charge in [-0.3, -0.25) is 0 Å². The Bertz CT molecular complexity index is 314. The largest absolute Gasteiger partial charge is 0.394 e. The first-order valence-electron chi connectivity index (χ1n) is 3.82. The minimum Gasteiger partial charge on any atom is -0.394 e. The molecule has 0 aromatic heterocycles. The van der Waals surface area contributed by atoms with Crippen molar-refractivity contribution in [3.8, 4) is 0 Å². The highest BCUT2D eigenvalue weighted by molar-refractivity contribution is 14.1. The molecule has 1 atom stereocenters. The van der Waals surface area contributed by atoms with Gasteiger partial charge in [0.25, 0.3) is 0 Å². The first kappa shape index (κ1) is 11.4. The van der Waals surface area contributed by atoms with Crippen molar-refractivity contribution >= 4 is 38.5 Å². The van der Waals surface area contributed by atoms with Crippen molar-refractivity contribution in [2.75, 3.05) is 6.61 Å². The fourth-order valence-electron chi connectivity index (χ4n) is 0.943. The zero-order valence-electron chi connectivity index (χ0n) is 7.22. The molecule has 3 N–H and O–H groups in total. The van der Waals surface area contributed by atoms with Gasteiger partial charge in [-0.25, -0.2) is 0 Å². The normalized spacial score (nSPS) is 15.5. The highest BCUT2D eigenvalue weighted by atomic mass is 127. The van der Waals surface area contributed by atoms with Gasteiger partial charge in [-0.2, -0.15) is 0 Å². The quantitative estimate of drug-likeness (QED) is 0.799. The fraction of sp³-hybridized carbons (Fsp3) is 0.333. The summed E-state index contributed by atoms with van der Waals surface area (Å²) in [7, 11) is 0. The number of halogens is 2. The third-order valence-electron chi connectivity index (χ3n) is 1.91. The van der Waals surface area contributed by atoms with Gasteiger partial charge >= 0.3 is 0 Å². The molecule has 0 aliphatic heterocycles. The Labute approximate surface area is 99.8 Å². The average Bonchev–Trinajstić information content (AvgIpc) is 2.09. The van der Waals surface area contributed by atoms with Gasteiger partial charge in [-0.15, -0.1) is 0 Å². The van der Waals surface area contributed by atoms with Gasteiger partial charge in [-0.05, 0) is 63.1 Å². The van der Waals surface area contributed by atoms with E-state index in [1.807, 2.05) is 25.1 Å². The van der Waals surface area contributed by atoms with Crippen LogP contribution >= 0.6 is 38.5 Å². The Balaban J connectivity index is 3.10. The summed E-state index contributed by atoms with van der Waals surface area (Å²) in [6, 6.07) is 5.85. The molecule has 0 aliphatic rings. The van der Waals surface area contributed by atoms with Crippen LogP contribution in [0.3, 0.4) is 0 Å². The second-order valence-corrected chi connectivity index (χ2v) is 5.22. The van der Waals surface area contributed by atoms with Crippen molar-refractivity contribution in [2.24, 2.45) is 5.73 Å². The van der Waals surface area contributed by atoms with Crippen LogP contribution in [-0.2, 0) is 5.54 Å². The van der Waals surface area contributed by atoms with E-state index in [0.29, 0.717) is 0 Å². The SMILES string of the molecule is CC(N)(CO)c1ccc(I)c(Br)c1. The lowest BCUT2D eigenvalue weighted by Crippen LogP contribution is -2.36. The Morgan fingerprint density at radius 1 is 1.62 bits per heavy atom. The van der Waals surface area contributed by atoms with E-state index in [1.54, 1.807) is 0 Å². The smallest absolute Gasteiger partial charge is 0.0650 e. The third kappa shape index (κ3) is 2.65. The number of benzene rings is 1. The molecule has 72 valence electrons. The maximum Gasteiger partial charge on any atom is 0.0650 e. The van der Waals surface area contributed by atoms with E-state index in [2.05, 4.69) is 38.5 Å². The molecule has 0 radical (unpaired) electrons. The Morgan fingerprint density at radius 3 is 2.69 bits per heavy atom. The van der Waals surface area contributed by atoms with Crippen LogP contribution in [-0.4, -0.2) is 11.7 Å². The summed E-state index contributed by atoms with van der Waals surface area (Å²) < 4.78 is 2.14. The van der Waals surface area contributed by atoms with E-state index in [9.17, 15) is 0 Å². The first-order valence-corrected chi connectivity index (χ1v) is 5.70. The Morgan fingerprint density at radius 2 is 2.23 bits per heavy atom. The predicted octanol–water partition coefficient (Wildman–Crippen LogP) is 2.22. The molecule has 1 unspecified atom stereocenters. The van der Waals surface area contributed by atoms with E-state index < -0.39 is 5.54 Å². The van der Waals surface area contributed by atoms with Gasteiger partial charge in [0, 0.05) is 8.04 Å². The summed E-state index contributed by atoms with van der Waals surface area (Å²) >= 11 is 5.65. The summed E-state index contributed by atoms with van der Waals surface area (Å²) in [5, 5.41) is 9.07. The number of aliphatic hydroxyl groups excluding tert-OH is 1. The molecular weight excluding hydrogens is 345 g/mol. The number of nitrogens with two attached hydrogens (primary N) is 1. The van der Waals surface area contributed by atoms with Crippen LogP contribution in [0.4, 0.5) is 0 Å². The van der Waals surface area contributed by atoms with E-state index in [-0.39, 0.29) is 6.61 Å². The summed E-state index contributed by atoms with van der Waals surface area (Å²) in [5.41, 5.74) is 6.16. The second kappa shape index (κ2) is 4.25. The lowest BCUT2D eigenvalue weighted by atomic mass is 9.94. The number of aliphatic hydroxyl groups is 1. The predicted molar refractivity (Wildman–Crippen MR) is 65.5 cm³/mol. The average molecular weight is 356 g/mol. The van der Waals surface area contributed by atoms with Crippen molar-refractivity contribution < 1.29 is 5.11 Å². The Hall–Kier alpha value is 0.350. The molecule has 1 aromatic rings. The molecule has 0 saturated heterocycles. The van der Waals surface area contributed by atoms with Crippen LogP contribution < -0.4 is 5.73 Å². The summed E-state index contributed by atoms with van der Waals surface area (Å²) in [6.45, 7) is 1.75. The molecule has 2 nitrogen and oxygen atoms in total. The molecule has 13 heavy (non-hydrogen) atoms. The molecule has 4 heteroatoms. The highest BCUT2D eigenvalue weighted by Gasteiger charge is 2.20. The summed E-state index contributed by atoms with van der Waals surface area (Å²) in [5.74, 6) is 0. The van der Waals surface area contributed by atoms with Gasteiger partial charge in [0.05, 0.1) is 12.1 Å². The first-order chi connectivity index (χ1) is 5.97. The fourth-order valence-corrected chi connectivity index (χ4v) is 1.66. The van der Waals surface area contributed by atoms with Crippen LogP contribution in [0, 0.1) is 3.57 Å². The minimum atomic E-state index is -0.660. The summed E-state index contributed by atoms with van der Waals surface area (Å²) in [6.07, 6.45) is 0. The van der Waals surface area contributed by atoms with Gasteiger partial charge in [0.15, 0.2) is 0 Å². The molecular formula is C9H11BrINO. The van der Waals surface area contributed by atoms with Gasteiger partial charge < -0.3 is 10.8 Å². The maximum absolute atomic E-state index is 9.07. The second-order valence-electron chi connectivity index (χ2n) is 3.20. The van der Waals surface area contributed by atoms with Crippen LogP contribution in [0.25, 0.3) is 0 Å². The monoisotopic (exact) mass is 355 g/mol. The van der Waals surface area contributed by atoms with E-state index in [1.165, 1.54) is 0 Å². The molecule has 0 spiro atoms. The zero-order chi connectivity index (χ0) is 10.1. The van der Waals surface area contributed by atoms with Crippen molar-refractivity contribution in [3.05, 3.63) is 31.8 Å². The minimum absolute atomic E-state index is 0.0555. The highest BCUT2D eigenvalue weighted by Crippen LogP contribution is 2.25. The summed E-state index contributed by atoms with van der Waals surface area (Å²) in [4.78, 5) is 0. The number of hydrogen-bond acceptors (Lipinski definition) is 2. The molecule has 1 rings (SSSR count). The van der Waals surface area contributed by atoms with E-state index >= 15 is 0 Å².